The number of morpholine rings is 1. The van der Waals surface area contributed by atoms with Crippen molar-refractivity contribution in [1.82, 2.24) is 10.2 Å². The van der Waals surface area contributed by atoms with E-state index in [0.717, 1.165) is 57.1 Å². The van der Waals surface area contributed by atoms with Crippen molar-refractivity contribution in [2.45, 2.75) is 12.5 Å². The first-order valence-corrected chi connectivity index (χ1v) is 9.63. The van der Waals surface area contributed by atoms with Crippen LogP contribution in [0.2, 0.25) is 0 Å². The molecule has 2 unspecified atom stereocenters. The third kappa shape index (κ3) is 4.24. The first-order chi connectivity index (χ1) is 13.3. The van der Waals surface area contributed by atoms with Crippen molar-refractivity contribution in [3.8, 4) is 11.1 Å². The Bertz CT molecular complexity index is 734. The zero-order valence-electron chi connectivity index (χ0n) is 15.4. The lowest BCUT2D eigenvalue weighted by Crippen LogP contribution is -2.52. The highest BCUT2D eigenvalue weighted by Gasteiger charge is 2.32. The van der Waals surface area contributed by atoms with Crippen molar-refractivity contribution in [2.24, 2.45) is 5.92 Å². The third-order valence-corrected chi connectivity index (χ3v) is 5.45. The fourth-order valence-electron chi connectivity index (χ4n) is 3.97. The Morgan fingerprint density at radius 3 is 2.67 bits per heavy atom. The molecule has 1 aromatic heterocycles. The molecular weight excluding hydrogens is 344 g/mol. The molecule has 0 radical (unpaired) electrons. The zero-order chi connectivity index (χ0) is 18.5. The highest BCUT2D eigenvalue weighted by molar-refractivity contribution is 5.98. The van der Waals surface area contributed by atoms with E-state index in [1.807, 2.05) is 36.4 Å². The van der Waals surface area contributed by atoms with Crippen LogP contribution in [-0.2, 0) is 9.47 Å². The van der Waals surface area contributed by atoms with Gasteiger partial charge < -0.3 is 19.2 Å². The van der Waals surface area contributed by atoms with Crippen LogP contribution in [0.4, 0.5) is 0 Å². The van der Waals surface area contributed by atoms with E-state index in [4.69, 9.17) is 13.9 Å². The van der Waals surface area contributed by atoms with E-state index in [1.54, 1.807) is 6.26 Å². The Morgan fingerprint density at radius 2 is 1.93 bits per heavy atom. The molecule has 0 aliphatic carbocycles. The minimum atomic E-state index is -0.170. The second kappa shape index (κ2) is 8.69. The zero-order valence-corrected chi connectivity index (χ0v) is 15.4. The van der Waals surface area contributed by atoms with E-state index in [2.05, 4.69) is 10.2 Å². The number of carbonyl (C=O) groups is 1. The van der Waals surface area contributed by atoms with Crippen molar-refractivity contribution >= 4 is 5.91 Å². The van der Waals surface area contributed by atoms with Gasteiger partial charge in [-0.25, -0.2) is 0 Å². The van der Waals surface area contributed by atoms with Crippen LogP contribution in [0.25, 0.3) is 11.1 Å². The SMILES string of the molecule is O=C(NCC(C1CCOC1)N1CCOCC1)c1occc1-c1ccccc1. The number of furan rings is 1. The minimum absolute atomic E-state index is 0.170. The van der Waals surface area contributed by atoms with Gasteiger partial charge in [0.15, 0.2) is 5.76 Å². The van der Waals surface area contributed by atoms with Crippen LogP contribution in [0, 0.1) is 5.92 Å². The molecule has 2 aromatic rings. The average Bonchev–Trinajstić information content (AvgIpc) is 3.42. The van der Waals surface area contributed by atoms with E-state index in [0.29, 0.717) is 18.2 Å². The number of hydrogen-bond donors (Lipinski definition) is 1. The maximum absolute atomic E-state index is 12.8. The Labute approximate surface area is 159 Å². The molecule has 2 saturated heterocycles. The van der Waals surface area contributed by atoms with Gasteiger partial charge in [0.1, 0.15) is 0 Å². The molecule has 1 amide bonds. The van der Waals surface area contributed by atoms with Gasteiger partial charge >= 0.3 is 0 Å². The summed E-state index contributed by atoms with van der Waals surface area (Å²) in [5.74, 6) is 0.634. The van der Waals surface area contributed by atoms with Crippen molar-refractivity contribution in [3.63, 3.8) is 0 Å². The first-order valence-electron chi connectivity index (χ1n) is 9.63. The maximum Gasteiger partial charge on any atom is 0.287 e. The molecule has 6 nitrogen and oxygen atoms in total. The predicted octanol–water partition coefficient (Wildman–Crippen LogP) is 2.41. The molecule has 6 heteroatoms. The lowest BCUT2D eigenvalue weighted by Gasteiger charge is -2.37. The van der Waals surface area contributed by atoms with Gasteiger partial charge in [0.2, 0.25) is 0 Å². The molecule has 2 fully saturated rings. The Balaban J connectivity index is 1.45. The number of carbonyl (C=O) groups excluding carboxylic acids is 1. The summed E-state index contributed by atoms with van der Waals surface area (Å²) in [6.45, 7) is 5.42. The van der Waals surface area contributed by atoms with E-state index >= 15 is 0 Å². The van der Waals surface area contributed by atoms with Gasteiger partial charge in [-0.05, 0) is 18.1 Å². The summed E-state index contributed by atoms with van der Waals surface area (Å²) >= 11 is 0. The van der Waals surface area contributed by atoms with E-state index in [1.165, 1.54) is 0 Å². The summed E-state index contributed by atoms with van der Waals surface area (Å²) in [7, 11) is 0. The van der Waals surface area contributed by atoms with Gasteiger partial charge in [0.05, 0.1) is 26.1 Å². The summed E-state index contributed by atoms with van der Waals surface area (Å²) in [5, 5.41) is 3.10. The second-order valence-corrected chi connectivity index (χ2v) is 7.08. The summed E-state index contributed by atoms with van der Waals surface area (Å²) in [6, 6.07) is 11.9. The number of ether oxygens (including phenoxy) is 2. The molecule has 27 heavy (non-hydrogen) atoms. The van der Waals surface area contributed by atoms with Gasteiger partial charge in [-0.2, -0.15) is 0 Å². The lowest BCUT2D eigenvalue weighted by atomic mass is 9.96. The van der Waals surface area contributed by atoms with E-state index in [9.17, 15) is 4.79 Å². The molecule has 144 valence electrons. The standard InChI is InChI=1S/C21H26N2O4/c24-21(20-18(7-11-27-20)16-4-2-1-3-5-16)22-14-19(17-6-10-26-15-17)23-8-12-25-13-9-23/h1-5,7,11,17,19H,6,8-10,12-15H2,(H,22,24). The molecule has 3 heterocycles. The third-order valence-electron chi connectivity index (χ3n) is 5.45. The first kappa shape index (κ1) is 18.2. The van der Waals surface area contributed by atoms with Gasteiger partial charge in [0, 0.05) is 43.8 Å². The molecule has 0 bridgehead atoms. The van der Waals surface area contributed by atoms with Crippen molar-refractivity contribution in [1.29, 1.82) is 0 Å². The van der Waals surface area contributed by atoms with Gasteiger partial charge in [-0.1, -0.05) is 30.3 Å². The molecule has 4 rings (SSSR count). The summed E-state index contributed by atoms with van der Waals surface area (Å²) in [5.41, 5.74) is 1.80. The molecule has 2 aliphatic heterocycles. The topological polar surface area (TPSA) is 63.9 Å². The highest BCUT2D eigenvalue weighted by Crippen LogP contribution is 2.25. The van der Waals surface area contributed by atoms with Gasteiger partial charge in [-0.15, -0.1) is 0 Å². The van der Waals surface area contributed by atoms with Crippen LogP contribution in [0.15, 0.2) is 47.1 Å². The molecule has 2 aliphatic rings. The Kier molecular flexibility index (Phi) is 5.87. The van der Waals surface area contributed by atoms with Crippen LogP contribution in [0.3, 0.4) is 0 Å². The second-order valence-electron chi connectivity index (χ2n) is 7.08. The van der Waals surface area contributed by atoms with Gasteiger partial charge in [0.25, 0.3) is 5.91 Å². The molecule has 1 aromatic carbocycles. The minimum Gasteiger partial charge on any atom is -0.459 e. The van der Waals surface area contributed by atoms with Gasteiger partial charge in [-0.3, -0.25) is 9.69 Å². The fourth-order valence-corrected chi connectivity index (χ4v) is 3.97. The molecule has 0 saturated carbocycles. The average molecular weight is 370 g/mol. The number of nitrogens with one attached hydrogen (secondary N) is 1. The summed E-state index contributed by atoms with van der Waals surface area (Å²) in [4.78, 5) is 15.2. The Morgan fingerprint density at radius 1 is 1.11 bits per heavy atom. The number of benzene rings is 1. The maximum atomic E-state index is 12.8. The van der Waals surface area contributed by atoms with Crippen molar-refractivity contribution in [3.05, 3.63) is 48.4 Å². The monoisotopic (exact) mass is 370 g/mol. The van der Waals surface area contributed by atoms with Crippen molar-refractivity contribution in [2.75, 3.05) is 46.1 Å². The van der Waals surface area contributed by atoms with Crippen LogP contribution in [0.5, 0.6) is 0 Å². The molecule has 0 spiro atoms. The van der Waals surface area contributed by atoms with E-state index in [-0.39, 0.29) is 11.9 Å². The smallest absolute Gasteiger partial charge is 0.287 e. The number of hydrogen-bond acceptors (Lipinski definition) is 5. The predicted molar refractivity (Wildman–Crippen MR) is 102 cm³/mol. The van der Waals surface area contributed by atoms with E-state index < -0.39 is 0 Å². The Hall–Kier alpha value is -2.15. The quantitative estimate of drug-likeness (QED) is 0.846. The van der Waals surface area contributed by atoms with Crippen LogP contribution in [-0.4, -0.2) is 62.9 Å². The summed E-state index contributed by atoms with van der Waals surface area (Å²) in [6.07, 6.45) is 2.61. The molecule has 1 N–H and O–H groups in total. The number of amides is 1. The summed E-state index contributed by atoms with van der Waals surface area (Å²) < 4.78 is 16.6. The van der Waals surface area contributed by atoms with Crippen LogP contribution < -0.4 is 5.32 Å². The number of rotatable bonds is 6. The van der Waals surface area contributed by atoms with Crippen LogP contribution in [0.1, 0.15) is 17.0 Å². The number of nitrogens with zero attached hydrogens (tertiary/aromatic N) is 1. The molecule has 2 atom stereocenters. The van der Waals surface area contributed by atoms with Crippen LogP contribution >= 0.6 is 0 Å². The lowest BCUT2D eigenvalue weighted by molar-refractivity contribution is 0.00160. The highest BCUT2D eigenvalue weighted by atomic mass is 16.5. The fraction of sp³-hybridized carbons (Fsp3) is 0.476. The normalized spacial score (nSPS) is 21.9. The largest absolute Gasteiger partial charge is 0.459 e. The van der Waals surface area contributed by atoms with Crippen molar-refractivity contribution < 1.29 is 18.7 Å². The molecular formula is C21H26N2O4.